The van der Waals surface area contributed by atoms with Gasteiger partial charge in [0.1, 0.15) is 5.56 Å². The molecule has 1 aliphatic heterocycles. The van der Waals surface area contributed by atoms with E-state index < -0.39 is 64.7 Å². The molecule has 0 radical (unpaired) electrons. The molecule has 2 amide bonds. The number of aromatic nitrogens is 4. The van der Waals surface area contributed by atoms with Crippen LogP contribution in [0.3, 0.4) is 0 Å². The minimum absolute atomic E-state index is 0.0590. The molecule has 220 valence electrons. The van der Waals surface area contributed by atoms with Crippen molar-refractivity contribution in [2.75, 3.05) is 42.9 Å². The van der Waals surface area contributed by atoms with Crippen molar-refractivity contribution in [1.29, 1.82) is 0 Å². The van der Waals surface area contributed by atoms with Crippen molar-refractivity contribution in [3.63, 3.8) is 0 Å². The SMILES string of the molecule is CC(/C=C/CNC(=O)N1CCN(c2nc(C(F)(F)F)cc(C(F)(F)F)n2)CC1)Nc1cn[nH]c(=O)c1C(F)(F)F. The topological polar surface area (TPSA) is 119 Å². The van der Waals surface area contributed by atoms with Crippen molar-refractivity contribution in [3.05, 3.63) is 51.7 Å². The summed E-state index contributed by atoms with van der Waals surface area (Å²) < 4.78 is 118. The van der Waals surface area contributed by atoms with E-state index in [2.05, 4.69) is 25.7 Å². The molecule has 3 rings (SSSR count). The number of aromatic amines is 1. The van der Waals surface area contributed by atoms with E-state index in [1.807, 2.05) is 0 Å². The second-order valence-corrected chi connectivity index (χ2v) is 8.44. The molecular formula is C21H21F9N8O2. The largest absolute Gasteiger partial charge is 0.433 e. The van der Waals surface area contributed by atoms with Gasteiger partial charge in [0.25, 0.3) is 5.56 Å². The molecule has 1 aliphatic rings. The summed E-state index contributed by atoms with van der Waals surface area (Å²) in [5.41, 5.74) is -6.89. The fourth-order valence-electron chi connectivity index (χ4n) is 3.59. The minimum atomic E-state index is -5.13. The van der Waals surface area contributed by atoms with Gasteiger partial charge in [0.2, 0.25) is 5.95 Å². The van der Waals surface area contributed by atoms with Crippen LogP contribution >= 0.6 is 0 Å². The number of hydrogen-bond acceptors (Lipinski definition) is 7. The Morgan fingerprint density at radius 2 is 1.57 bits per heavy atom. The molecule has 1 atom stereocenters. The maximum absolute atomic E-state index is 13.1. The van der Waals surface area contributed by atoms with E-state index in [0.717, 1.165) is 11.1 Å². The Morgan fingerprint density at radius 1 is 1.00 bits per heavy atom. The number of amides is 2. The number of alkyl halides is 9. The third-order valence-corrected chi connectivity index (χ3v) is 5.46. The van der Waals surface area contributed by atoms with E-state index in [0.29, 0.717) is 0 Å². The number of H-pyrrole nitrogens is 1. The monoisotopic (exact) mass is 588 g/mol. The van der Waals surface area contributed by atoms with Crippen LogP contribution in [0.2, 0.25) is 0 Å². The number of piperazine rings is 1. The number of anilines is 2. The van der Waals surface area contributed by atoms with E-state index in [4.69, 9.17) is 0 Å². The molecule has 2 aromatic rings. The highest BCUT2D eigenvalue weighted by Crippen LogP contribution is 2.35. The number of halogens is 9. The van der Waals surface area contributed by atoms with Crippen molar-refractivity contribution in [2.45, 2.75) is 31.5 Å². The van der Waals surface area contributed by atoms with Crippen molar-refractivity contribution >= 4 is 17.7 Å². The third kappa shape index (κ3) is 7.75. The lowest BCUT2D eigenvalue weighted by Crippen LogP contribution is -2.52. The van der Waals surface area contributed by atoms with Gasteiger partial charge >= 0.3 is 24.6 Å². The Bertz CT molecular complexity index is 1250. The molecular weight excluding hydrogens is 567 g/mol. The third-order valence-electron chi connectivity index (χ3n) is 5.46. The van der Waals surface area contributed by atoms with Crippen LogP contribution in [-0.4, -0.2) is 69.9 Å². The summed E-state index contributed by atoms with van der Waals surface area (Å²) in [6.45, 7) is 1.01. The van der Waals surface area contributed by atoms with E-state index >= 15 is 0 Å². The maximum Gasteiger partial charge on any atom is 0.433 e. The Labute approximate surface area is 219 Å². The van der Waals surface area contributed by atoms with Gasteiger partial charge in [-0.1, -0.05) is 12.2 Å². The number of carbonyl (C=O) groups excluding carboxylic acids is 1. The maximum atomic E-state index is 13.1. The van der Waals surface area contributed by atoms with Crippen LogP contribution in [0.4, 0.5) is 55.9 Å². The van der Waals surface area contributed by atoms with Crippen LogP contribution < -0.4 is 21.1 Å². The summed E-state index contributed by atoms with van der Waals surface area (Å²) in [4.78, 5) is 32.7. The highest BCUT2D eigenvalue weighted by molar-refractivity contribution is 5.74. The van der Waals surface area contributed by atoms with Gasteiger partial charge in [-0.25, -0.2) is 19.9 Å². The Kier molecular flexibility index (Phi) is 8.83. The molecule has 0 spiro atoms. The summed E-state index contributed by atoms with van der Waals surface area (Å²) in [6.07, 6.45) is -11.5. The molecule has 0 bridgehead atoms. The van der Waals surface area contributed by atoms with Crippen LogP contribution in [0, 0.1) is 0 Å². The predicted octanol–water partition coefficient (Wildman–Crippen LogP) is 3.50. The number of nitrogens with zero attached hydrogens (tertiary/aromatic N) is 5. The van der Waals surface area contributed by atoms with Gasteiger partial charge in [-0.2, -0.15) is 44.6 Å². The molecule has 2 aromatic heterocycles. The van der Waals surface area contributed by atoms with Crippen LogP contribution in [0.25, 0.3) is 0 Å². The lowest BCUT2D eigenvalue weighted by molar-refractivity contribution is -0.147. The van der Waals surface area contributed by atoms with Gasteiger partial charge in [0.05, 0.1) is 11.9 Å². The first-order valence-electron chi connectivity index (χ1n) is 11.4. The first-order chi connectivity index (χ1) is 18.5. The quantitative estimate of drug-likeness (QED) is 0.349. The lowest BCUT2D eigenvalue weighted by Gasteiger charge is -2.35. The normalized spacial score (nSPS) is 15.8. The number of hydrogen-bond donors (Lipinski definition) is 3. The molecule has 0 saturated carbocycles. The molecule has 1 saturated heterocycles. The van der Waals surface area contributed by atoms with Gasteiger partial charge < -0.3 is 20.4 Å². The van der Waals surface area contributed by atoms with E-state index in [-0.39, 0.29) is 38.8 Å². The van der Waals surface area contributed by atoms with Crippen LogP contribution in [0.15, 0.2) is 29.2 Å². The fourth-order valence-corrected chi connectivity index (χ4v) is 3.59. The summed E-state index contributed by atoms with van der Waals surface area (Å²) in [7, 11) is 0. The van der Waals surface area contributed by atoms with Gasteiger partial charge in [-0.05, 0) is 13.0 Å². The molecule has 3 N–H and O–H groups in total. The number of nitrogens with one attached hydrogen (secondary N) is 3. The average Bonchev–Trinajstić information content (AvgIpc) is 2.84. The Morgan fingerprint density at radius 3 is 2.10 bits per heavy atom. The van der Waals surface area contributed by atoms with Crippen molar-refractivity contribution in [3.8, 4) is 0 Å². The van der Waals surface area contributed by atoms with Crippen molar-refractivity contribution in [1.82, 2.24) is 30.4 Å². The standard InChI is InChI=1S/C21H21F9N8O2/c1-11(33-12-10-32-36-16(39)15(12)21(28,29)30)3-2-4-31-18(40)38-7-5-37(6-8-38)17-34-13(19(22,23)24)9-14(35-17)20(25,26)27/h2-3,9-11H,4-8H2,1H3,(H,31,40)(H2,33,36,39)/b3-2+. The van der Waals surface area contributed by atoms with Gasteiger partial charge in [0.15, 0.2) is 11.4 Å². The second-order valence-electron chi connectivity index (χ2n) is 8.44. The number of rotatable bonds is 6. The number of urea groups is 1. The summed E-state index contributed by atoms with van der Waals surface area (Å²) in [6, 6.07) is -1.48. The molecule has 40 heavy (non-hydrogen) atoms. The Hall–Kier alpha value is -4.06. The second kappa shape index (κ2) is 11.6. The average molecular weight is 588 g/mol. The summed E-state index contributed by atoms with van der Waals surface area (Å²) in [5.74, 6) is -0.768. The highest BCUT2D eigenvalue weighted by Gasteiger charge is 2.40. The van der Waals surface area contributed by atoms with E-state index in [1.165, 1.54) is 24.0 Å². The molecule has 10 nitrogen and oxygen atoms in total. The number of carbonyl (C=O) groups is 1. The molecule has 1 fully saturated rings. The Balaban J connectivity index is 1.54. The van der Waals surface area contributed by atoms with Gasteiger partial charge in [0, 0.05) is 38.8 Å². The van der Waals surface area contributed by atoms with E-state index in [9.17, 15) is 49.1 Å². The van der Waals surface area contributed by atoms with Gasteiger partial charge in [-0.3, -0.25) is 4.79 Å². The fraction of sp³-hybridized carbons (Fsp3) is 0.476. The van der Waals surface area contributed by atoms with Crippen LogP contribution in [0.1, 0.15) is 23.9 Å². The van der Waals surface area contributed by atoms with Crippen LogP contribution in [-0.2, 0) is 18.5 Å². The molecule has 1 unspecified atom stereocenters. The summed E-state index contributed by atoms with van der Waals surface area (Å²) >= 11 is 0. The lowest BCUT2D eigenvalue weighted by atomic mass is 10.2. The van der Waals surface area contributed by atoms with Crippen molar-refractivity contribution in [2.24, 2.45) is 0 Å². The zero-order chi connectivity index (χ0) is 29.9. The zero-order valence-corrected chi connectivity index (χ0v) is 20.4. The molecule has 0 aliphatic carbocycles. The minimum Gasteiger partial charge on any atom is -0.377 e. The van der Waals surface area contributed by atoms with Crippen LogP contribution in [0.5, 0.6) is 0 Å². The summed E-state index contributed by atoms with van der Waals surface area (Å²) in [5, 5.41) is 10.0. The predicted molar refractivity (Wildman–Crippen MR) is 121 cm³/mol. The molecule has 0 aromatic carbocycles. The molecule has 3 heterocycles. The van der Waals surface area contributed by atoms with Crippen molar-refractivity contribution < 1.29 is 44.3 Å². The highest BCUT2D eigenvalue weighted by atomic mass is 19.4. The molecule has 19 heteroatoms. The zero-order valence-electron chi connectivity index (χ0n) is 20.4. The van der Waals surface area contributed by atoms with Gasteiger partial charge in [-0.15, -0.1) is 0 Å². The first-order valence-corrected chi connectivity index (χ1v) is 11.4. The van der Waals surface area contributed by atoms with E-state index in [1.54, 1.807) is 5.10 Å². The smallest absolute Gasteiger partial charge is 0.377 e. The first kappa shape index (κ1) is 30.5.